The van der Waals surface area contributed by atoms with Crippen LogP contribution < -0.4 is 20.1 Å². The van der Waals surface area contributed by atoms with Crippen molar-refractivity contribution in [2.45, 2.75) is 49.7 Å². The normalized spacial score (nSPS) is 21.5. The molecule has 2 N–H and O–H groups in total. The molecule has 0 unspecified atom stereocenters. The first-order valence-corrected chi connectivity index (χ1v) is 13.4. The average molecular weight is 598 g/mol. The summed E-state index contributed by atoms with van der Waals surface area (Å²) >= 11 is 6.61. The minimum absolute atomic E-state index is 0.132. The molecule has 2 aromatic rings. The molecule has 0 atom stereocenters. The zero-order valence-corrected chi connectivity index (χ0v) is 22.0. The summed E-state index contributed by atoms with van der Waals surface area (Å²) in [5.41, 5.74) is 1.35. The van der Waals surface area contributed by atoms with Crippen LogP contribution in [0.15, 0.2) is 39.3 Å². The quantitative estimate of drug-likeness (QED) is 0.382. The lowest BCUT2D eigenvalue weighted by Gasteiger charge is -2.41. The summed E-state index contributed by atoms with van der Waals surface area (Å²) in [6, 6.07) is 6.78. The van der Waals surface area contributed by atoms with Crippen LogP contribution >= 0.6 is 31.9 Å². The molecule has 0 saturated carbocycles. The van der Waals surface area contributed by atoms with Crippen LogP contribution in [0.3, 0.4) is 0 Å². The number of benzene rings is 2. The number of hydrogen-bond donors (Lipinski definition) is 2. The van der Waals surface area contributed by atoms with Gasteiger partial charge in [0.15, 0.2) is 23.1 Å². The number of piperidine rings is 2. The van der Waals surface area contributed by atoms with Crippen LogP contribution in [-0.4, -0.2) is 37.4 Å². The average Bonchev–Trinajstić information content (AvgIpc) is 2.82. The maximum absolute atomic E-state index is 13.9. The fourth-order valence-electron chi connectivity index (χ4n) is 5.19. The first-order chi connectivity index (χ1) is 16.4. The Bertz CT molecular complexity index is 1100. The standard InChI is InChI=1S/C13H15BrFNO.C13H13BrFNO/c2*14-10-7-9-1-2-13(3-5-16-6-4-13)17-12(9)11(15)8-10/h7-8,16H,1-6H2;1-2,7-8,16H,3-6H2. The third kappa shape index (κ3) is 5.06. The van der Waals surface area contributed by atoms with Crippen molar-refractivity contribution in [1.29, 1.82) is 0 Å². The van der Waals surface area contributed by atoms with Crippen LogP contribution in [0.2, 0.25) is 0 Å². The van der Waals surface area contributed by atoms with Crippen molar-refractivity contribution < 1.29 is 18.3 Å². The fraction of sp³-hybridized carbons (Fsp3) is 0.462. The lowest BCUT2D eigenvalue weighted by molar-refractivity contribution is 0.0131. The third-order valence-electron chi connectivity index (χ3n) is 7.13. The number of ether oxygens (including phenoxy) is 2. The van der Waals surface area contributed by atoms with E-state index in [1.54, 1.807) is 0 Å². The monoisotopic (exact) mass is 596 g/mol. The van der Waals surface area contributed by atoms with E-state index in [0.29, 0.717) is 11.5 Å². The Kier molecular flexibility index (Phi) is 7.04. The molecular formula is C26H28Br2F2N2O2. The molecule has 0 radical (unpaired) electrons. The van der Waals surface area contributed by atoms with E-state index in [-0.39, 0.29) is 22.8 Å². The van der Waals surface area contributed by atoms with E-state index in [2.05, 4.69) is 48.6 Å². The summed E-state index contributed by atoms with van der Waals surface area (Å²) in [6.45, 7) is 3.76. The summed E-state index contributed by atoms with van der Waals surface area (Å²) in [7, 11) is 0. The maximum Gasteiger partial charge on any atom is 0.166 e. The van der Waals surface area contributed by atoms with E-state index in [4.69, 9.17) is 9.47 Å². The fourth-order valence-corrected chi connectivity index (χ4v) is 6.11. The van der Waals surface area contributed by atoms with Gasteiger partial charge in [-0.25, -0.2) is 8.78 Å². The van der Waals surface area contributed by atoms with Gasteiger partial charge in [-0.3, -0.25) is 0 Å². The van der Waals surface area contributed by atoms with Gasteiger partial charge in [-0.15, -0.1) is 0 Å². The molecule has 4 nitrogen and oxygen atoms in total. The van der Waals surface area contributed by atoms with Gasteiger partial charge >= 0.3 is 0 Å². The highest BCUT2D eigenvalue weighted by atomic mass is 79.9. The van der Waals surface area contributed by atoms with Crippen molar-refractivity contribution in [1.82, 2.24) is 10.6 Å². The molecule has 2 saturated heterocycles. The van der Waals surface area contributed by atoms with Gasteiger partial charge in [0, 0.05) is 27.4 Å². The number of halogens is 4. The van der Waals surface area contributed by atoms with Crippen molar-refractivity contribution in [3.8, 4) is 11.5 Å². The molecule has 0 bridgehead atoms. The molecule has 0 aliphatic carbocycles. The van der Waals surface area contributed by atoms with Crippen LogP contribution in [0.1, 0.15) is 43.2 Å². The van der Waals surface area contributed by atoms with Gasteiger partial charge in [-0.05, 0) is 87.8 Å². The predicted molar refractivity (Wildman–Crippen MR) is 136 cm³/mol. The van der Waals surface area contributed by atoms with E-state index in [1.807, 2.05) is 18.2 Å². The molecule has 2 fully saturated rings. The van der Waals surface area contributed by atoms with Gasteiger partial charge in [0.25, 0.3) is 0 Å². The second kappa shape index (κ2) is 9.88. The number of nitrogens with one attached hydrogen (secondary N) is 2. The Hall–Kier alpha value is -1.48. The Labute approximate surface area is 215 Å². The Balaban J connectivity index is 0.000000142. The predicted octanol–water partition coefficient (Wildman–Crippen LogP) is 6.15. The Morgan fingerprint density at radius 3 is 2.06 bits per heavy atom. The summed E-state index contributed by atoms with van der Waals surface area (Å²) < 4.78 is 41.2. The molecule has 4 heterocycles. The first kappa shape index (κ1) is 24.2. The molecule has 0 aromatic heterocycles. The Morgan fingerprint density at radius 2 is 1.35 bits per heavy atom. The molecule has 4 aliphatic heterocycles. The summed E-state index contributed by atoms with van der Waals surface area (Å²) in [6.07, 6.45) is 9.67. The van der Waals surface area contributed by atoms with Gasteiger partial charge in [0.1, 0.15) is 11.2 Å². The second-order valence-electron chi connectivity index (χ2n) is 9.47. The van der Waals surface area contributed by atoms with Crippen LogP contribution in [0.25, 0.3) is 6.08 Å². The highest BCUT2D eigenvalue weighted by molar-refractivity contribution is 9.10. The molecule has 8 heteroatoms. The maximum atomic E-state index is 13.9. The van der Waals surface area contributed by atoms with Crippen LogP contribution in [0.4, 0.5) is 8.78 Å². The first-order valence-electron chi connectivity index (χ1n) is 11.8. The van der Waals surface area contributed by atoms with E-state index in [0.717, 1.165) is 84.8 Å². The zero-order chi connectivity index (χ0) is 23.8. The SMILES string of the molecule is Fc1cc(Br)cc2c1OC1(C=C2)CCNCC1.Fc1cc(Br)cc2c1OC1(CCNCC1)CC2. The molecule has 2 spiro atoms. The van der Waals surface area contributed by atoms with Crippen molar-refractivity contribution >= 4 is 37.9 Å². The molecule has 0 amide bonds. The summed E-state index contributed by atoms with van der Waals surface area (Å²) in [4.78, 5) is 0. The molecule has 4 aliphatic rings. The van der Waals surface area contributed by atoms with E-state index >= 15 is 0 Å². The molecule has 6 rings (SSSR count). The lowest BCUT2D eigenvalue weighted by Crippen LogP contribution is -2.48. The van der Waals surface area contributed by atoms with E-state index in [9.17, 15) is 8.78 Å². The van der Waals surface area contributed by atoms with Crippen molar-refractivity contribution in [3.63, 3.8) is 0 Å². The van der Waals surface area contributed by atoms with Crippen LogP contribution in [-0.2, 0) is 6.42 Å². The number of aryl methyl sites for hydroxylation is 1. The zero-order valence-electron chi connectivity index (χ0n) is 18.9. The molecular weight excluding hydrogens is 570 g/mol. The summed E-state index contributed by atoms with van der Waals surface area (Å²) in [5.74, 6) is 0.322. The van der Waals surface area contributed by atoms with E-state index in [1.165, 1.54) is 12.1 Å². The third-order valence-corrected chi connectivity index (χ3v) is 8.04. The lowest BCUT2D eigenvalue weighted by atomic mass is 9.84. The van der Waals surface area contributed by atoms with E-state index < -0.39 is 0 Å². The van der Waals surface area contributed by atoms with Crippen LogP contribution in [0.5, 0.6) is 11.5 Å². The van der Waals surface area contributed by atoms with Crippen molar-refractivity contribution in [3.05, 3.63) is 62.0 Å². The van der Waals surface area contributed by atoms with Gasteiger partial charge in [-0.1, -0.05) is 37.9 Å². The largest absolute Gasteiger partial charge is 0.484 e. The minimum Gasteiger partial charge on any atom is -0.484 e. The smallest absolute Gasteiger partial charge is 0.166 e. The molecule has 182 valence electrons. The topological polar surface area (TPSA) is 42.5 Å². The Morgan fingerprint density at radius 1 is 0.735 bits per heavy atom. The van der Waals surface area contributed by atoms with Crippen molar-refractivity contribution in [2.24, 2.45) is 0 Å². The summed E-state index contributed by atoms with van der Waals surface area (Å²) in [5, 5.41) is 6.61. The molecule has 34 heavy (non-hydrogen) atoms. The second-order valence-corrected chi connectivity index (χ2v) is 11.3. The van der Waals surface area contributed by atoms with Gasteiger partial charge < -0.3 is 20.1 Å². The van der Waals surface area contributed by atoms with Gasteiger partial charge in [-0.2, -0.15) is 0 Å². The van der Waals surface area contributed by atoms with Crippen molar-refractivity contribution in [2.75, 3.05) is 26.2 Å². The van der Waals surface area contributed by atoms with Crippen LogP contribution in [0, 0.1) is 11.6 Å². The number of hydrogen-bond acceptors (Lipinski definition) is 4. The molecule has 2 aromatic carbocycles. The van der Waals surface area contributed by atoms with Gasteiger partial charge in [0.05, 0.1) is 0 Å². The number of rotatable bonds is 0. The highest BCUT2D eigenvalue weighted by Gasteiger charge is 2.39. The highest BCUT2D eigenvalue weighted by Crippen LogP contribution is 2.41. The minimum atomic E-state index is -0.313. The van der Waals surface area contributed by atoms with Gasteiger partial charge in [0.2, 0.25) is 0 Å². The number of fused-ring (bicyclic) bond motifs is 2.